The molecular formula is C16H33NO. The van der Waals surface area contributed by atoms with Crippen molar-refractivity contribution < 1.29 is 4.74 Å². The van der Waals surface area contributed by atoms with Crippen molar-refractivity contribution in [1.29, 1.82) is 0 Å². The van der Waals surface area contributed by atoms with Gasteiger partial charge in [0.15, 0.2) is 0 Å². The summed E-state index contributed by atoms with van der Waals surface area (Å²) in [6, 6.07) is 0.568. The van der Waals surface area contributed by atoms with Crippen LogP contribution in [0.2, 0.25) is 0 Å². The smallest absolute Gasteiger partial charge is 0.0752 e. The van der Waals surface area contributed by atoms with Gasteiger partial charge in [-0.15, -0.1) is 0 Å². The summed E-state index contributed by atoms with van der Waals surface area (Å²) < 4.78 is 5.67. The summed E-state index contributed by atoms with van der Waals surface area (Å²) in [5, 5.41) is 3.46. The van der Waals surface area contributed by atoms with Gasteiger partial charge in [0.1, 0.15) is 0 Å². The Bertz CT molecular complexity index is 192. The summed E-state index contributed by atoms with van der Waals surface area (Å²) in [4.78, 5) is 0. The first kappa shape index (κ1) is 16.0. The summed E-state index contributed by atoms with van der Waals surface area (Å²) in [6.45, 7) is 2.28. The molecule has 1 fully saturated rings. The number of ether oxygens (including phenoxy) is 1. The van der Waals surface area contributed by atoms with Crippen molar-refractivity contribution >= 4 is 0 Å². The van der Waals surface area contributed by atoms with Crippen molar-refractivity contribution in [3.05, 3.63) is 0 Å². The molecule has 1 aliphatic rings. The van der Waals surface area contributed by atoms with Crippen LogP contribution in [-0.4, -0.2) is 26.3 Å². The second-order valence-corrected chi connectivity index (χ2v) is 5.84. The van der Waals surface area contributed by atoms with Crippen LogP contribution in [0.3, 0.4) is 0 Å². The van der Waals surface area contributed by atoms with Crippen LogP contribution < -0.4 is 5.32 Å². The highest BCUT2D eigenvalue weighted by atomic mass is 16.5. The van der Waals surface area contributed by atoms with E-state index in [0.29, 0.717) is 12.1 Å². The van der Waals surface area contributed by atoms with Gasteiger partial charge in [-0.25, -0.2) is 0 Å². The maximum atomic E-state index is 5.67. The van der Waals surface area contributed by atoms with E-state index < -0.39 is 0 Å². The Balaban J connectivity index is 2.04. The SMILES string of the molecule is CCCCCCCCCC(NC)C(OC)C1CC1. The molecule has 0 aromatic heterocycles. The average Bonchev–Trinajstić information content (AvgIpc) is 3.21. The van der Waals surface area contributed by atoms with Crippen molar-refractivity contribution in [2.45, 2.75) is 83.3 Å². The zero-order chi connectivity index (χ0) is 13.2. The molecule has 0 aromatic rings. The van der Waals surface area contributed by atoms with E-state index in [2.05, 4.69) is 19.3 Å². The van der Waals surface area contributed by atoms with Crippen LogP contribution in [0.25, 0.3) is 0 Å². The first-order chi connectivity index (χ1) is 8.83. The lowest BCUT2D eigenvalue weighted by Gasteiger charge is -2.25. The molecule has 1 N–H and O–H groups in total. The van der Waals surface area contributed by atoms with Crippen LogP contribution in [0.5, 0.6) is 0 Å². The highest BCUT2D eigenvalue weighted by Crippen LogP contribution is 2.36. The Kier molecular flexibility index (Phi) is 8.70. The molecule has 0 amide bonds. The zero-order valence-electron chi connectivity index (χ0n) is 12.7. The molecule has 2 heteroatoms. The van der Waals surface area contributed by atoms with Crippen LogP contribution >= 0.6 is 0 Å². The Morgan fingerprint density at radius 2 is 1.67 bits per heavy atom. The lowest BCUT2D eigenvalue weighted by molar-refractivity contribution is 0.0499. The van der Waals surface area contributed by atoms with Gasteiger partial charge in [-0.3, -0.25) is 0 Å². The van der Waals surface area contributed by atoms with Crippen molar-refractivity contribution in [2.75, 3.05) is 14.2 Å². The summed E-state index contributed by atoms with van der Waals surface area (Å²) in [5.41, 5.74) is 0. The third-order valence-electron chi connectivity index (χ3n) is 4.24. The maximum absolute atomic E-state index is 5.67. The molecule has 108 valence electrons. The minimum absolute atomic E-state index is 0.454. The average molecular weight is 255 g/mol. The van der Waals surface area contributed by atoms with E-state index in [0.717, 1.165) is 5.92 Å². The second-order valence-electron chi connectivity index (χ2n) is 5.84. The first-order valence-electron chi connectivity index (χ1n) is 8.03. The zero-order valence-corrected chi connectivity index (χ0v) is 12.7. The van der Waals surface area contributed by atoms with Gasteiger partial charge >= 0.3 is 0 Å². The van der Waals surface area contributed by atoms with E-state index in [1.54, 1.807) is 0 Å². The minimum atomic E-state index is 0.454. The van der Waals surface area contributed by atoms with E-state index in [1.807, 2.05) is 7.11 Å². The molecule has 2 atom stereocenters. The fraction of sp³-hybridized carbons (Fsp3) is 1.00. The van der Waals surface area contributed by atoms with E-state index in [9.17, 15) is 0 Å². The highest BCUT2D eigenvalue weighted by molar-refractivity contribution is 4.89. The molecule has 0 saturated heterocycles. The predicted octanol–water partition coefficient (Wildman–Crippen LogP) is 4.14. The van der Waals surface area contributed by atoms with Crippen molar-refractivity contribution in [2.24, 2.45) is 5.92 Å². The van der Waals surface area contributed by atoms with E-state index in [1.165, 1.54) is 64.2 Å². The molecule has 2 nitrogen and oxygen atoms in total. The molecule has 1 saturated carbocycles. The number of unbranched alkanes of at least 4 members (excludes halogenated alkanes) is 6. The Morgan fingerprint density at radius 1 is 1.06 bits per heavy atom. The van der Waals surface area contributed by atoms with Gasteiger partial charge in [0.05, 0.1) is 6.10 Å². The van der Waals surface area contributed by atoms with E-state index in [-0.39, 0.29) is 0 Å². The van der Waals surface area contributed by atoms with Gasteiger partial charge < -0.3 is 10.1 Å². The lowest BCUT2D eigenvalue weighted by atomic mass is 9.99. The molecule has 1 aliphatic carbocycles. The number of likely N-dealkylation sites (N-methyl/N-ethyl adjacent to an activating group) is 1. The second kappa shape index (κ2) is 9.80. The predicted molar refractivity (Wildman–Crippen MR) is 79.0 cm³/mol. The van der Waals surface area contributed by atoms with Gasteiger partial charge in [0.25, 0.3) is 0 Å². The fourth-order valence-electron chi connectivity index (χ4n) is 2.90. The van der Waals surface area contributed by atoms with Crippen LogP contribution in [0.4, 0.5) is 0 Å². The molecular weight excluding hydrogens is 222 g/mol. The van der Waals surface area contributed by atoms with Crippen LogP contribution in [-0.2, 0) is 4.74 Å². The molecule has 0 radical (unpaired) electrons. The number of nitrogens with one attached hydrogen (secondary N) is 1. The summed E-state index contributed by atoms with van der Waals surface area (Å²) in [5.74, 6) is 0.831. The van der Waals surface area contributed by atoms with Crippen molar-refractivity contribution in [3.63, 3.8) is 0 Å². The van der Waals surface area contributed by atoms with Crippen LogP contribution in [0.1, 0.15) is 71.1 Å². The van der Waals surface area contributed by atoms with Gasteiger partial charge in [-0.2, -0.15) is 0 Å². The molecule has 0 bridgehead atoms. The van der Waals surface area contributed by atoms with Crippen molar-refractivity contribution in [3.8, 4) is 0 Å². The molecule has 2 unspecified atom stereocenters. The Hall–Kier alpha value is -0.0800. The maximum Gasteiger partial charge on any atom is 0.0752 e. The molecule has 0 aromatic carbocycles. The fourth-order valence-corrected chi connectivity index (χ4v) is 2.90. The number of rotatable bonds is 12. The summed E-state index contributed by atoms with van der Waals surface area (Å²) in [7, 11) is 3.96. The van der Waals surface area contributed by atoms with Gasteiger partial charge in [0, 0.05) is 13.2 Å². The molecule has 18 heavy (non-hydrogen) atoms. The molecule has 0 spiro atoms. The minimum Gasteiger partial charge on any atom is -0.380 e. The largest absolute Gasteiger partial charge is 0.380 e. The number of hydrogen-bond donors (Lipinski definition) is 1. The third-order valence-corrected chi connectivity index (χ3v) is 4.24. The standard InChI is InChI=1S/C16H33NO/c1-4-5-6-7-8-9-10-11-15(17-2)16(18-3)14-12-13-14/h14-17H,4-13H2,1-3H3. The highest BCUT2D eigenvalue weighted by Gasteiger charge is 2.35. The Morgan fingerprint density at radius 3 is 2.17 bits per heavy atom. The van der Waals surface area contributed by atoms with Gasteiger partial charge in [-0.1, -0.05) is 51.9 Å². The third kappa shape index (κ3) is 6.19. The summed E-state index contributed by atoms with van der Waals surface area (Å²) >= 11 is 0. The molecule has 1 rings (SSSR count). The lowest BCUT2D eigenvalue weighted by Crippen LogP contribution is -2.40. The van der Waals surface area contributed by atoms with Crippen molar-refractivity contribution in [1.82, 2.24) is 5.32 Å². The van der Waals surface area contributed by atoms with Gasteiger partial charge in [-0.05, 0) is 32.2 Å². The first-order valence-corrected chi connectivity index (χ1v) is 8.03. The Labute approximate surface area is 114 Å². The van der Waals surface area contributed by atoms with Crippen LogP contribution in [0.15, 0.2) is 0 Å². The topological polar surface area (TPSA) is 21.3 Å². The van der Waals surface area contributed by atoms with E-state index in [4.69, 9.17) is 4.74 Å². The molecule has 0 heterocycles. The van der Waals surface area contributed by atoms with E-state index >= 15 is 0 Å². The monoisotopic (exact) mass is 255 g/mol. The normalized spacial score (nSPS) is 18.8. The van der Waals surface area contributed by atoms with Gasteiger partial charge in [0.2, 0.25) is 0 Å². The quantitative estimate of drug-likeness (QED) is 0.529. The van der Waals surface area contributed by atoms with Crippen LogP contribution in [0, 0.1) is 5.92 Å². The number of methoxy groups -OCH3 is 1. The molecule has 0 aliphatic heterocycles. The summed E-state index contributed by atoms with van der Waals surface area (Å²) in [6.07, 6.45) is 14.2. The number of hydrogen-bond acceptors (Lipinski definition) is 2.